The topological polar surface area (TPSA) is 49.5 Å². The second-order valence-corrected chi connectivity index (χ2v) is 7.32. The summed E-state index contributed by atoms with van der Waals surface area (Å²) in [7, 11) is 0. The van der Waals surface area contributed by atoms with Crippen molar-refractivity contribution in [3.8, 4) is 0 Å². The van der Waals surface area contributed by atoms with Crippen LogP contribution in [0.15, 0.2) is 0 Å². The Morgan fingerprint density at radius 1 is 1.21 bits per heavy atom. The van der Waals surface area contributed by atoms with Crippen molar-refractivity contribution in [3.63, 3.8) is 0 Å². The van der Waals surface area contributed by atoms with Crippen molar-refractivity contribution in [3.05, 3.63) is 0 Å². The van der Waals surface area contributed by atoms with Crippen LogP contribution in [0.1, 0.15) is 58.3 Å². The fraction of sp³-hybridized carbons (Fsp3) is 1.00. The van der Waals surface area contributed by atoms with Crippen LogP contribution >= 0.6 is 0 Å². The highest BCUT2D eigenvalue weighted by atomic mass is 16.3. The van der Waals surface area contributed by atoms with Gasteiger partial charge in [-0.2, -0.15) is 0 Å². The molecule has 1 saturated carbocycles. The number of nitrogens with two attached hydrogens (primary N) is 1. The van der Waals surface area contributed by atoms with Crippen molar-refractivity contribution in [2.45, 2.75) is 69.9 Å². The molecule has 2 heterocycles. The maximum Gasteiger partial charge on any atom is 0.0742 e. The summed E-state index contributed by atoms with van der Waals surface area (Å²) in [6.45, 7) is 5.28. The largest absolute Gasteiger partial charge is 0.389 e. The first kappa shape index (κ1) is 13.8. The molecule has 4 unspecified atom stereocenters. The van der Waals surface area contributed by atoms with Crippen molar-refractivity contribution in [1.82, 2.24) is 4.90 Å². The molecule has 0 radical (unpaired) electrons. The van der Waals surface area contributed by atoms with E-state index < -0.39 is 5.60 Å². The number of aliphatic hydroxyl groups is 1. The first-order valence-corrected chi connectivity index (χ1v) is 8.29. The number of hydrogen-bond donors (Lipinski definition) is 2. The van der Waals surface area contributed by atoms with Crippen molar-refractivity contribution in [2.24, 2.45) is 17.1 Å². The summed E-state index contributed by atoms with van der Waals surface area (Å²) < 4.78 is 0. The molecule has 3 fully saturated rings. The minimum atomic E-state index is -0.489. The van der Waals surface area contributed by atoms with Gasteiger partial charge in [0.05, 0.1) is 5.60 Å². The summed E-state index contributed by atoms with van der Waals surface area (Å²) >= 11 is 0. The van der Waals surface area contributed by atoms with Gasteiger partial charge in [-0.05, 0) is 57.4 Å². The Morgan fingerprint density at radius 2 is 2.05 bits per heavy atom. The quantitative estimate of drug-likeness (QED) is 0.823. The van der Waals surface area contributed by atoms with Gasteiger partial charge in [0.2, 0.25) is 0 Å². The summed E-state index contributed by atoms with van der Waals surface area (Å²) in [5.41, 5.74) is 5.69. The van der Waals surface area contributed by atoms with E-state index in [2.05, 4.69) is 11.8 Å². The Bertz CT molecular complexity index is 335. The second kappa shape index (κ2) is 5.01. The molecule has 4 atom stereocenters. The number of hydrogen-bond acceptors (Lipinski definition) is 3. The summed E-state index contributed by atoms with van der Waals surface area (Å²) in [6, 6.07) is 0.628. The zero-order chi connectivity index (χ0) is 13.5. The van der Waals surface area contributed by atoms with Crippen molar-refractivity contribution in [1.29, 1.82) is 0 Å². The van der Waals surface area contributed by atoms with E-state index in [1.54, 1.807) is 0 Å². The van der Waals surface area contributed by atoms with Gasteiger partial charge in [-0.25, -0.2) is 0 Å². The zero-order valence-corrected chi connectivity index (χ0v) is 12.4. The average molecular weight is 266 g/mol. The van der Waals surface area contributed by atoms with Gasteiger partial charge >= 0.3 is 0 Å². The SMILES string of the molecule is CCC1CCC(CN)(C2(O)CCN3CCCC3C2)C1. The van der Waals surface area contributed by atoms with Crippen molar-refractivity contribution < 1.29 is 5.11 Å². The van der Waals surface area contributed by atoms with Gasteiger partial charge in [-0.15, -0.1) is 0 Å². The van der Waals surface area contributed by atoms with Crippen LogP contribution in [-0.4, -0.2) is 41.3 Å². The van der Waals surface area contributed by atoms with Gasteiger partial charge in [0.15, 0.2) is 0 Å². The van der Waals surface area contributed by atoms with Crippen LogP contribution in [0.2, 0.25) is 0 Å². The molecule has 3 N–H and O–H groups in total. The van der Waals surface area contributed by atoms with E-state index in [-0.39, 0.29) is 5.41 Å². The van der Waals surface area contributed by atoms with Crippen LogP contribution in [0.5, 0.6) is 0 Å². The maximum absolute atomic E-state index is 11.4. The first-order valence-electron chi connectivity index (χ1n) is 8.29. The number of fused-ring (bicyclic) bond motifs is 1. The van der Waals surface area contributed by atoms with Crippen LogP contribution in [-0.2, 0) is 0 Å². The second-order valence-electron chi connectivity index (χ2n) is 7.32. The number of nitrogens with zero attached hydrogens (tertiary/aromatic N) is 1. The Kier molecular flexibility index (Phi) is 3.65. The third-order valence-electron chi connectivity index (χ3n) is 6.55. The Hall–Kier alpha value is -0.120. The van der Waals surface area contributed by atoms with Crippen LogP contribution in [0.25, 0.3) is 0 Å². The van der Waals surface area contributed by atoms with E-state index in [9.17, 15) is 5.11 Å². The van der Waals surface area contributed by atoms with Gasteiger partial charge in [0, 0.05) is 24.5 Å². The molecule has 1 aliphatic carbocycles. The lowest BCUT2D eigenvalue weighted by molar-refractivity contribution is -0.126. The summed E-state index contributed by atoms with van der Waals surface area (Å²) in [6.07, 6.45) is 9.32. The predicted molar refractivity (Wildman–Crippen MR) is 77.9 cm³/mol. The van der Waals surface area contributed by atoms with Crippen molar-refractivity contribution >= 4 is 0 Å². The molecule has 3 heteroatoms. The fourth-order valence-corrected chi connectivity index (χ4v) is 5.11. The van der Waals surface area contributed by atoms with Crippen LogP contribution in [0.3, 0.4) is 0 Å². The molecule has 2 aliphatic heterocycles. The van der Waals surface area contributed by atoms with Crippen LogP contribution in [0, 0.1) is 11.3 Å². The van der Waals surface area contributed by atoms with E-state index in [1.165, 1.54) is 32.2 Å². The summed E-state index contributed by atoms with van der Waals surface area (Å²) in [5.74, 6) is 0.786. The number of rotatable bonds is 3. The van der Waals surface area contributed by atoms with Gasteiger partial charge < -0.3 is 15.7 Å². The predicted octanol–water partition coefficient (Wildman–Crippen LogP) is 2.13. The molecule has 0 bridgehead atoms. The number of piperidine rings is 1. The van der Waals surface area contributed by atoms with Crippen LogP contribution < -0.4 is 5.73 Å². The monoisotopic (exact) mass is 266 g/mol. The van der Waals surface area contributed by atoms with Gasteiger partial charge in [0.25, 0.3) is 0 Å². The minimum absolute atomic E-state index is 0.0162. The van der Waals surface area contributed by atoms with Crippen LogP contribution in [0.4, 0.5) is 0 Å². The summed E-state index contributed by atoms with van der Waals surface area (Å²) in [5, 5.41) is 11.4. The van der Waals surface area contributed by atoms with E-state index in [1.807, 2.05) is 0 Å². The minimum Gasteiger partial charge on any atom is -0.389 e. The molecule has 3 rings (SSSR count). The molecule has 110 valence electrons. The molecule has 0 amide bonds. The third kappa shape index (κ3) is 2.14. The van der Waals surface area contributed by atoms with Gasteiger partial charge in [-0.3, -0.25) is 0 Å². The normalized spacial score (nSPS) is 47.5. The molecular formula is C16H30N2O. The fourth-order valence-electron chi connectivity index (χ4n) is 5.11. The lowest BCUT2D eigenvalue weighted by Crippen LogP contribution is -2.58. The van der Waals surface area contributed by atoms with E-state index in [4.69, 9.17) is 5.73 Å². The maximum atomic E-state index is 11.4. The molecule has 3 aliphatic rings. The molecular weight excluding hydrogens is 236 g/mol. The van der Waals surface area contributed by atoms with E-state index in [0.29, 0.717) is 12.6 Å². The molecule has 0 spiro atoms. The Labute approximate surface area is 117 Å². The average Bonchev–Trinajstić information content (AvgIpc) is 3.04. The Balaban J connectivity index is 1.78. The molecule has 0 aromatic heterocycles. The molecule has 0 aromatic rings. The summed E-state index contributed by atoms with van der Waals surface area (Å²) in [4.78, 5) is 2.59. The molecule has 3 nitrogen and oxygen atoms in total. The smallest absolute Gasteiger partial charge is 0.0742 e. The van der Waals surface area contributed by atoms with Crippen molar-refractivity contribution in [2.75, 3.05) is 19.6 Å². The standard InChI is InChI=1S/C16H30N2O/c1-2-13-5-6-15(10-13,12-17)16(19)7-9-18-8-3-4-14(18)11-16/h13-14,19H,2-12,17H2,1H3. The lowest BCUT2D eigenvalue weighted by atomic mass is 9.64. The molecule has 2 saturated heterocycles. The Morgan fingerprint density at radius 3 is 2.74 bits per heavy atom. The lowest BCUT2D eigenvalue weighted by Gasteiger charge is -2.51. The highest BCUT2D eigenvalue weighted by Crippen LogP contribution is 2.54. The highest BCUT2D eigenvalue weighted by Gasteiger charge is 2.55. The zero-order valence-electron chi connectivity index (χ0n) is 12.4. The van der Waals surface area contributed by atoms with Gasteiger partial charge in [0.1, 0.15) is 0 Å². The third-order valence-corrected chi connectivity index (χ3v) is 6.55. The molecule has 0 aromatic carbocycles. The highest BCUT2D eigenvalue weighted by molar-refractivity contribution is 5.08. The first-order chi connectivity index (χ1) is 9.12. The van der Waals surface area contributed by atoms with E-state index >= 15 is 0 Å². The molecule has 19 heavy (non-hydrogen) atoms. The van der Waals surface area contributed by atoms with E-state index in [0.717, 1.165) is 38.1 Å². The van der Waals surface area contributed by atoms with Gasteiger partial charge in [-0.1, -0.05) is 13.3 Å².